The number of carbonyl (C=O) groups excluding carboxylic acids is 1. The van der Waals surface area contributed by atoms with Crippen LogP contribution in [0.25, 0.3) is 10.9 Å². The van der Waals surface area contributed by atoms with Gasteiger partial charge in [0.05, 0.1) is 11.1 Å². The smallest absolute Gasteiger partial charge is 0.253 e. The van der Waals surface area contributed by atoms with Crippen molar-refractivity contribution in [2.24, 2.45) is 7.05 Å². The molecule has 1 amide bonds. The standard InChI is InChI=1S/C12H13FN2O.C2H6.H2/c1-7-4-5-9-10(11(7)13)8(6-15(9)3)12(16)14-2;1-2;/h4-6H,1-3H3,(H,14,16);1-2H3;1H. The molecule has 0 spiro atoms. The van der Waals surface area contributed by atoms with Crippen LogP contribution in [-0.4, -0.2) is 17.5 Å². The highest BCUT2D eigenvalue weighted by Crippen LogP contribution is 2.25. The first-order chi connectivity index (χ1) is 8.56. The molecule has 0 fully saturated rings. The number of benzene rings is 1. The van der Waals surface area contributed by atoms with E-state index in [4.69, 9.17) is 0 Å². The van der Waals surface area contributed by atoms with Gasteiger partial charge in [0.2, 0.25) is 0 Å². The third-order valence-electron chi connectivity index (χ3n) is 2.76. The van der Waals surface area contributed by atoms with Gasteiger partial charge in [0.15, 0.2) is 0 Å². The third kappa shape index (κ3) is 2.23. The topological polar surface area (TPSA) is 34.0 Å². The normalized spacial score (nSPS) is 9.89. The van der Waals surface area contributed by atoms with E-state index in [1.54, 1.807) is 30.8 Å². The Bertz CT molecular complexity index is 578. The predicted molar refractivity (Wildman–Crippen MR) is 74.5 cm³/mol. The van der Waals surface area contributed by atoms with E-state index in [1.165, 1.54) is 7.05 Å². The second kappa shape index (κ2) is 5.67. The van der Waals surface area contributed by atoms with Crippen molar-refractivity contribution >= 4 is 16.8 Å². The summed E-state index contributed by atoms with van der Waals surface area (Å²) in [6.45, 7) is 5.69. The molecule has 100 valence electrons. The molecule has 0 aliphatic carbocycles. The van der Waals surface area contributed by atoms with Gasteiger partial charge in [0, 0.05) is 27.1 Å². The summed E-state index contributed by atoms with van der Waals surface area (Å²) in [4.78, 5) is 11.6. The fourth-order valence-corrected chi connectivity index (χ4v) is 1.85. The molecule has 18 heavy (non-hydrogen) atoms. The highest BCUT2D eigenvalue weighted by molar-refractivity contribution is 6.07. The zero-order valence-corrected chi connectivity index (χ0v) is 11.5. The van der Waals surface area contributed by atoms with Gasteiger partial charge in [-0.1, -0.05) is 19.9 Å². The highest BCUT2D eigenvalue weighted by Gasteiger charge is 2.17. The number of amides is 1. The lowest BCUT2D eigenvalue weighted by Crippen LogP contribution is -2.17. The second-order valence-corrected chi connectivity index (χ2v) is 3.82. The average molecular weight is 252 g/mol. The first-order valence-electron chi connectivity index (χ1n) is 6.02. The Balaban J connectivity index is 0.00000103. The molecular weight excluding hydrogens is 231 g/mol. The Labute approximate surface area is 108 Å². The van der Waals surface area contributed by atoms with E-state index >= 15 is 0 Å². The molecule has 2 rings (SSSR count). The van der Waals surface area contributed by atoms with Crippen LogP contribution in [0.2, 0.25) is 0 Å². The van der Waals surface area contributed by atoms with Crippen molar-refractivity contribution in [3.05, 3.63) is 35.3 Å². The van der Waals surface area contributed by atoms with Gasteiger partial charge in [-0.3, -0.25) is 4.79 Å². The van der Waals surface area contributed by atoms with Gasteiger partial charge < -0.3 is 9.88 Å². The van der Waals surface area contributed by atoms with Crippen LogP contribution in [0.1, 0.15) is 31.2 Å². The molecule has 0 bridgehead atoms. The van der Waals surface area contributed by atoms with E-state index in [1.807, 2.05) is 19.9 Å². The number of fused-ring (bicyclic) bond motifs is 1. The Morgan fingerprint density at radius 3 is 2.56 bits per heavy atom. The molecule has 1 aromatic carbocycles. The van der Waals surface area contributed by atoms with Gasteiger partial charge in [-0.05, 0) is 18.6 Å². The van der Waals surface area contributed by atoms with Crippen molar-refractivity contribution in [2.75, 3.05) is 7.05 Å². The summed E-state index contributed by atoms with van der Waals surface area (Å²) in [6.07, 6.45) is 1.64. The van der Waals surface area contributed by atoms with E-state index in [0.717, 1.165) is 5.52 Å². The third-order valence-corrected chi connectivity index (χ3v) is 2.76. The number of hydrogen-bond acceptors (Lipinski definition) is 1. The summed E-state index contributed by atoms with van der Waals surface area (Å²) in [5.74, 6) is -0.591. The summed E-state index contributed by atoms with van der Waals surface area (Å²) in [6, 6.07) is 3.53. The van der Waals surface area contributed by atoms with E-state index in [2.05, 4.69) is 5.32 Å². The van der Waals surface area contributed by atoms with Crippen LogP contribution in [0, 0.1) is 12.7 Å². The van der Waals surface area contributed by atoms with E-state index in [9.17, 15) is 9.18 Å². The minimum atomic E-state index is -0.322. The van der Waals surface area contributed by atoms with Gasteiger partial charge in [0.1, 0.15) is 5.82 Å². The molecule has 1 N–H and O–H groups in total. The molecule has 1 aromatic heterocycles. The molecule has 0 aliphatic heterocycles. The molecule has 0 saturated carbocycles. The van der Waals surface area contributed by atoms with Crippen molar-refractivity contribution in [2.45, 2.75) is 20.8 Å². The van der Waals surface area contributed by atoms with Crippen LogP contribution in [0.4, 0.5) is 4.39 Å². The minimum absolute atomic E-state index is 0. The van der Waals surface area contributed by atoms with Crippen LogP contribution < -0.4 is 5.32 Å². The number of aryl methyl sites for hydroxylation is 2. The number of rotatable bonds is 1. The quantitative estimate of drug-likeness (QED) is 0.830. The van der Waals surface area contributed by atoms with E-state index in [-0.39, 0.29) is 13.2 Å². The molecule has 0 aliphatic rings. The predicted octanol–water partition coefficient (Wildman–Crippen LogP) is 3.26. The summed E-state index contributed by atoms with van der Waals surface area (Å²) in [7, 11) is 3.33. The number of nitrogens with zero attached hydrogens (tertiary/aromatic N) is 1. The van der Waals surface area contributed by atoms with Crippen LogP contribution in [-0.2, 0) is 7.05 Å². The zero-order valence-electron chi connectivity index (χ0n) is 11.5. The van der Waals surface area contributed by atoms with Crippen LogP contribution in [0.15, 0.2) is 18.3 Å². The fraction of sp³-hybridized carbons (Fsp3) is 0.357. The number of nitrogens with one attached hydrogen (secondary N) is 1. The SMILES string of the molecule is CC.CNC(=O)c1cn(C)c2ccc(C)c(F)c12.[HH]. The average Bonchev–Trinajstić information content (AvgIpc) is 2.73. The maximum absolute atomic E-state index is 14.0. The number of halogens is 1. The molecule has 3 nitrogen and oxygen atoms in total. The molecule has 4 heteroatoms. The van der Waals surface area contributed by atoms with Gasteiger partial charge in [-0.15, -0.1) is 0 Å². The largest absolute Gasteiger partial charge is 0.355 e. The molecule has 0 radical (unpaired) electrons. The summed E-state index contributed by atoms with van der Waals surface area (Å²) >= 11 is 0. The van der Waals surface area contributed by atoms with Gasteiger partial charge in [-0.2, -0.15) is 0 Å². The van der Waals surface area contributed by atoms with E-state index in [0.29, 0.717) is 16.5 Å². The Hall–Kier alpha value is -1.84. The highest BCUT2D eigenvalue weighted by atomic mass is 19.1. The maximum Gasteiger partial charge on any atom is 0.253 e. The molecular formula is C14H21FN2O. The van der Waals surface area contributed by atoms with Gasteiger partial charge in [0.25, 0.3) is 5.91 Å². The number of hydrogen-bond donors (Lipinski definition) is 1. The summed E-state index contributed by atoms with van der Waals surface area (Å²) in [5.41, 5.74) is 1.65. The lowest BCUT2D eigenvalue weighted by molar-refractivity contribution is 0.0964. The summed E-state index contributed by atoms with van der Waals surface area (Å²) < 4.78 is 15.7. The molecule has 1 heterocycles. The van der Waals surface area contributed by atoms with Crippen molar-refractivity contribution < 1.29 is 10.6 Å². The van der Waals surface area contributed by atoms with Crippen molar-refractivity contribution in [3.63, 3.8) is 0 Å². The Morgan fingerprint density at radius 2 is 2.00 bits per heavy atom. The van der Waals surface area contributed by atoms with Gasteiger partial charge >= 0.3 is 0 Å². The lowest BCUT2D eigenvalue weighted by atomic mass is 10.1. The second-order valence-electron chi connectivity index (χ2n) is 3.82. The molecule has 0 saturated heterocycles. The Morgan fingerprint density at radius 1 is 1.39 bits per heavy atom. The first-order valence-corrected chi connectivity index (χ1v) is 6.02. The number of carbonyl (C=O) groups is 1. The fourth-order valence-electron chi connectivity index (χ4n) is 1.85. The van der Waals surface area contributed by atoms with E-state index < -0.39 is 0 Å². The van der Waals surface area contributed by atoms with Crippen LogP contribution in [0.3, 0.4) is 0 Å². The van der Waals surface area contributed by atoms with Crippen molar-refractivity contribution in [1.82, 2.24) is 9.88 Å². The minimum Gasteiger partial charge on any atom is -0.355 e. The Kier molecular flexibility index (Phi) is 4.48. The summed E-state index contributed by atoms with van der Waals surface area (Å²) in [5, 5.41) is 2.91. The molecule has 0 unspecified atom stereocenters. The lowest BCUT2D eigenvalue weighted by Gasteiger charge is -2.01. The van der Waals surface area contributed by atoms with Crippen molar-refractivity contribution in [3.8, 4) is 0 Å². The van der Waals surface area contributed by atoms with Crippen LogP contribution >= 0.6 is 0 Å². The van der Waals surface area contributed by atoms with Gasteiger partial charge in [-0.25, -0.2) is 4.39 Å². The van der Waals surface area contributed by atoms with Crippen molar-refractivity contribution in [1.29, 1.82) is 0 Å². The number of aromatic nitrogens is 1. The monoisotopic (exact) mass is 252 g/mol. The maximum atomic E-state index is 14.0. The molecule has 0 atom stereocenters. The zero-order chi connectivity index (χ0) is 13.9. The molecule has 2 aromatic rings. The van der Waals surface area contributed by atoms with Crippen LogP contribution in [0.5, 0.6) is 0 Å². The first kappa shape index (κ1) is 14.2.